The molecule has 1 atom stereocenters. The summed E-state index contributed by atoms with van der Waals surface area (Å²) in [6, 6.07) is 16.5. The normalized spacial score (nSPS) is 11.7. The van der Waals surface area contributed by atoms with E-state index in [-0.39, 0.29) is 12.1 Å². The third-order valence-electron chi connectivity index (χ3n) is 3.39. The predicted octanol–water partition coefficient (Wildman–Crippen LogP) is 1.49. The molecule has 0 radical (unpaired) electrons. The number of amides is 1. The summed E-state index contributed by atoms with van der Waals surface area (Å²) in [5, 5.41) is 25.5. The zero-order chi connectivity index (χ0) is 19.2. The van der Waals surface area contributed by atoms with E-state index in [0.717, 1.165) is 5.56 Å². The SMILES string of the molecule is N#Cc1ccc(CC(C#N)C(=O)Nc2cccc(NS(N)(=O)=O)c2)cc1. The molecule has 0 saturated heterocycles. The highest BCUT2D eigenvalue weighted by molar-refractivity contribution is 7.90. The Morgan fingerprint density at radius 2 is 1.77 bits per heavy atom. The van der Waals surface area contributed by atoms with Crippen LogP contribution in [-0.4, -0.2) is 14.3 Å². The van der Waals surface area contributed by atoms with Gasteiger partial charge in [0.1, 0.15) is 5.92 Å². The summed E-state index contributed by atoms with van der Waals surface area (Å²) in [6.45, 7) is 0. The number of nitrogens with two attached hydrogens (primary N) is 1. The summed E-state index contributed by atoms with van der Waals surface area (Å²) in [7, 11) is -3.93. The number of hydrogen-bond acceptors (Lipinski definition) is 5. The second kappa shape index (κ2) is 8.12. The molecule has 0 aromatic heterocycles. The summed E-state index contributed by atoms with van der Waals surface area (Å²) in [4.78, 5) is 12.3. The zero-order valence-electron chi connectivity index (χ0n) is 13.5. The molecule has 1 amide bonds. The Morgan fingerprint density at radius 3 is 2.35 bits per heavy atom. The minimum absolute atomic E-state index is 0.184. The summed E-state index contributed by atoms with van der Waals surface area (Å²) < 4.78 is 24.2. The smallest absolute Gasteiger partial charge is 0.296 e. The van der Waals surface area contributed by atoms with E-state index in [1.807, 2.05) is 12.1 Å². The number of hydrogen-bond donors (Lipinski definition) is 3. The third-order valence-corrected chi connectivity index (χ3v) is 3.91. The quantitative estimate of drug-likeness (QED) is 0.705. The largest absolute Gasteiger partial charge is 0.325 e. The minimum Gasteiger partial charge on any atom is -0.325 e. The monoisotopic (exact) mass is 369 g/mol. The van der Waals surface area contributed by atoms with Crippen LogP contribution in [0.3, 0.4) is 0 Å². The van der Waals surface area contributed by atoms with Crippen molar-refractivity contribution in [2.75, 3.05) is 10.0 Å². The Bertz CT molecular complexity index is 988. The third kappa shape index (κ3) is 5.60. The van der Waals surface area contributed by atoms with Gasteiger partial charge < -0.3 is 5.32 Å². The molecule has 0 aliphatic heterocycles. The van der Waals surface area contributed by atoms with Gasteiger partial charge in [0.05, 0.1) is 23.4 Å². The predicted molar refractivity (Wildman–Crippen MR) is 95.8 cm³/mol. The van der Waals surface area contributed by atoms with E-state index >= 15 is 0 Å². The van der Waals surface area contributed by atoms with Crippen LogP contribution < -0.4 is 15.2 Å². The van der Waals surface area contributed by atoms with Gasteiger partial charge in [0.2, 0.25) is 5.91 Å². The topological polar surface area (TPSA) is 149 Å². The van der Waals surface area contributed by atoms with Crippen molar-refractivity contribution in [3.8, 4) is 12.1 Å². The van der Waals surface area contributed by atoms with E-state index < -0.39 is 22.0 Å². The zero-order valence-corrected chi connectivity index (χ0v) is 14.3. The Kier molecular flexibility index (Phi) is 5.91. The molecule has 1 unspecified atom stereocenters. The van der Waals surface area contributed by atoms with Crippen molar-refractivity contribution >= 4 is 27.5 Å². The van der Waals surface area contributed by atoms with Gasteiger partial charge in [-0.2, -0.15) is 18.9 Å². The van der Waals surface area contributed by atoms with Crippen molar-refractivity contribution < 1.29 is 13.2 Å². The average molecular weight is 369 g/mol. The van der Waals surface area contributed by atoms with Crippen LogP contribution in [0.4, 0.5) is 11.4 Å². The van der Waals surface area contributed by atoms with Gasteiger partial charge in [0, 0.05) is 5.69 Å². The highest BCUT2D eigenvalue weighted by Crippen LogP contribution is 2.18. The lowest BCUT2D eigenvalue weighted by Gasteiger charge is -2.12. The van der Waals surface area contributed by atoms with Crippen LogP contribution in [0.25, 0.3) is 0 Å². The maximum Gasteiger partial charge on any atom is 0.296 e. The second-order valence-electron chi connectivity index (χ2n) is 5.41. The Hall–Kier alpha value is -3.40. The number of anilines is 2. The molecule has 9 heteroatoms. The highest BCUT2D eigenvalue weighted by atomic mass is 32.2. The summed E-state index contributed by atoms with van der Waals surface area (Å²) >= 11 is 0. The van der Waals surface area contributed by atoms with Crippen LogP contribution in [0.15, 0.2) is 48.5 Å². The van der Waals surface area contributed by atoms with Crippen LogP contribution in [0.2, 0.25) is 0 Å². The number of rotatable bonds is 6. The lowest BCUT2D eigenvalue weighted by molar-refractivity contribution is -0.118. The summed E-state index contributed by atoms with van der Waals surface area (Å²) in [5.41, 5.74) is 1.75. The first kappa shape index (κ1) is 18.9. The van der Waals surface area contributed by atoms with Gasteiger partial charge in [0.15, 0.2) is 0 Å². The van der Waals surface area contributed by atoms with E-state index in [2.05, 4.69) is 10.0 Å². The van der Waals surface area contributed by atoms with E-state index in [1.165, 1.54) is 18.2 Å². The highest BCUT2D eigenvalue weighted by Gasteiger charge is 2.19. The van der Waals surface area contributed by atoms with Crippen molar-refractivity contribution in [3.05, 3.63) is 59.7 Å². The first-order valence-electron chi connectivity index (χ1n) is 7.41. The molecule has 0 spiro atoms. The van der Waals surface area contributed by atoms with Crippen LogP contribution >= 0.6 is 0 Å². The van der Waals surface area contributed by atoms with Crippen molar-refractivity contribution in [1.82, 2.24) is 0 Å². The first-order valence-corrected chi connectivity index (χ1v) is 8.95. The number of carbonyl (C=O) groups excluding carboxylic acids is 1. The maximum absolute atomic E-state index is 12.3. The Balaban J connectivity index is 2.08. The van der Waals surface area contributed by atoms with E-state index in [1.54, 1.807) is 30.3 Å². The van der Waals surface area contributed by atoms with Crippen LogP contribution in [0, 0.1) is 28.6 Å². The molecular formula is C17H15N5O3S. The summed E-state index contributed by atoms with van der Waals surface area (Å²) in [5.74, 6) is -1.47. The number of nitriles is 2. The van der Waals surface area contributed by atoms with Gasteiger partial charge in [-0.1, -0.05) is 18.2 Å². The molecule has 0 bridgehead atoms. The van der Waals surface area contributed by atoms with Crippen molar-refractivity contribution in [2.45, 2.75) is 6.42 Å². The van der Waals surface area contributed by atoms with Crippen molar-refractivity contribution in [1.29, 1.82) is 10.5 Å². The molecule has 2 aromatic rings. The van der Waals surface area contributed by atoms with Gasteiger partial charge in [0.25, 0.3) is 10.2 Å². The van der Waals surface area contributed by atoms with E-state index in [4.69, 9.17) is 10.4 Å². The van der Waals surface area contributed by atoms with Gasteiger partial charge in [-0.25, -0.2) is 5.14 Å². The Morgan fingerprint density at radius 1 is 1.12 bits per heavy atom. The van der Waals surface area contributed by atoms with Gasteiger partial charge >= 0.3 is 0 Å². The van der Waals surface area contributed by atoms with E-state index in [9.17, 15) is 18.5 Å². The summed E-state index contributed by atoms with van der Waals surface area (Å²) in [6.07, 6.45) is 0.184. The fourth-order valence-electron chi connectivity index (χ4n) is 2.20. The average Bonchev–Trinajstić information content (AvgIpc) is 2.59. The van der Waals surface area contributed by atoms with E-state index in [0.29, 0.717) is 11.3 Å². The minimum atomic E-state index is -3.93. The molecular weight excluding hydrogens is 354 g/mol. The standard InChI is InChI=1S/C17H15N5O3S/c18-10-13-6-4-12(5-7-13)8-14(11-19)17(23)21-15-2-1-3-16(9-15)22-26(20,24)25/h1-7,9,14,22H,8H2,(H,21,23)(H2,20,24,25). The molecule has 2 rings (SSSR count). The molecule has 8 nitrogen and oxygen atoms in total. The molecule has 0 saturated carbocycles. The van der Waals surface area contributed by atoms with Gasteiger partial charge in [-0.05, 0) is 42.3 Å². The van der Waals surface area contributed by atoms with Gasteiger partial charge in [-0.3, -0.25) is 9.52 Å². The first-order chi connectivity index (χ1) is 12.3. The number of nitrogens with one attached hydrogen (secondary N) is 2. The number of benzene rings is 2. The molecule has 132 valence electrons. The van der Waals surface area contributed by atoms with Crippen LogP contribution in [0.1, 0.15) is 11.1 Å². The van der Waals surface area contributed by atoms with Gasteiger partial charge in [-0.15, -0.1) is 0 Å². The lowest BCUT2D eigenvalue weighted by Crippen LogP contribution is -2.24. The molecule has 2 aromatic carbocycles. The van der Waals surface area contributed by atoms with Crippen molar-refractivity contribution in [3.63, 3.8) is 0 Å². The second-order valence-corrected chi connectivity index (χ2v) is 6.71. The molecule has 26 heavy (non-hydrogen) atoms. The number of carbonyl (C=O) groups is 1. The van der Waals surface area contributed by atoms with Crippen molar-refractivity contribution in [2.24, 2.45) is 11.1 Å². The lowest BCUT2D eigenvalue weighted by atomic mass is 9.99. The molecule has 4 N–H and O–H groups in total. The van der Waals surface area contributed by atoms with Crippen LogP contribution in [0.5, 0.6) is 0 Å². The molecule has 0 fully saturated rings. The molecule has 0 heterocycles. The fraction of sp³-hybridized carbons (Fsp3) is 0.118. The molecule has 0 aliphatic carbocycles. The molecule has 0 aliphatic rings. The van der Waals surface area contributed by atoms with Crippen LogP contribution in [-0.2, 0) is 21.4 Å². The maximum atomic E-state index is 12.3. The number of nitrogens with zero attached hydrogens (tertiary/aromatic N) is 2. The Labute approximate surface area is 151 Å². The fourth-order valence-corrected chi connectivity index (χ4v) is 2.66.